The summed E-state index contributed by atoms with van der Waals surface area (Å²) in [5.74, 6) is 1.30. The number of rotatable bonds is 9. The Balaban J connectivity index is 0.00000324. The molecule has 0 saturated carbocycles. The lowest BCUT2D eigenvalue weighted by atomic mass is 10.2. The molecule has 0 radical (unpaired) electrons. The van der Waals surface area contributed by atoms with Gasteiger partial charge in [-0.15, -0.1) is 12.4 Å². The molecule has 4 rings (SSSR count). The second-order valence-electron chi connectivity index (χ2n) is 8.21. The van der Waals surface area contributed by atoms with Crippen LogP contribution in [0.15, 0.2) is 36.4 Å². The first-order valence-corrected chi connectivity index (χ1v) is 12.1. The zero-order valence-corrected chi connectivity index (χ0v) is 21.5. The molecule has 1 aliphatic heterocycles. The van der Waals surface area contributed by atoms with E-state index in [0.29, 0.717) is 17.4 Å². The average molecular weight is 506 g/mol. The fraction of sp³-hybridized carbons (Fsp3) is 0.440. The first kappa shape index (κ1) is 26.2. The number of thiazole rings is 1. The quantitative estimate of drug-likeness (QED) is 0.427. The summed E-state index contributed by atoms with van der Waals surface area (Å²) in [6, 6.07) is 11.7. The lowest BCUT2D eigenvalue weighted by Gasteiger charge is -2.27. The van der Waals surface area contributed by atoms with E-state index in [1.165, 1.54) is 11.3 Å². The number of carbonyl (C=O) groups excluding carboxylic acids is 1. The van der Waals surface area contributed by atoms with Crippen LogP contribution in [0.5, 0.6) is 11.5 Å². The molecular formula is C25H32ClN3O4S. The number of amides is 1. The predicted octanol–water partition coefficient (Wildman–Crippen LogP) is 4.48. The molecule has 0 atom stereocenters. The molecule has 1 saturated heterocycles. The smallest absolute Gasteiger partial charge is 0.266 e. The molecule has 1 aliphatic rings. The van der Waals surface area contributed by atoms with E-state index in [9.17, 15) is 4.79 Å². The average Bonchev–Trinajstić information content (AvgIpc) is 3.28. The number of hydrogen-bond donors (Lipinski definition) is 0. The third kappa shape index (κ3) is 6.39. The molecule has 0 bridgehead atoms. The number of aromatic nitrogens is 1. The number of fused-ring (bicyclic) bond motifs is 1. The molecule has 184 valence electrons. The van der Waals surface area contributed by atoms with Crippen LogP contribution in [0.1, 0.15) is 17.5 Å². The molecular weight excluding hydrogens is 474 g/mol. The largest absolute Gasteiger partial charge is 0.494 e. The van der Waals surface area contributed by atoms with E-state index in [4.69, 9.17) is 19.2 Å². The summed E-state index contributed by atoms with van der Waals surface area (Å²) < 4.78 is 17.8. The minimum absolute atomic E-state index is 0. The third-order valence-electron chi connectivity index (χ3n) is 5.79. The molecule has 34 heavy (non-hydrogen) atoms. The second-order valence-corrected chi connectivity index (χ2v) is 9.19. The molecule has 1 fully saturated rings. The van der Waals surface area contributed by atoms with E-state index >= 15 is 0 Å². The summed E-state index contributed by atoms with van der Waals surface area (Å²) in [7, 11) is 1.64. The van der Waals surface area contributed by atoms with Gasteiger partial charge < -0.3 is 14.2 Å². The fourth-order valence-corrected chi connectivity index (χ4v) is 4.94. The molecule has 7 nitrogen and oxygen atoms in total. The number of halogens is 1. The highest BCUT2D eigenvalue weighted by atomic mass is 35.5. The number of benzene rings is 2. The summed E-state index contributed by atoms with van der Waals surface area (Å²) in [6.07, 6.45) is 0.850. The molecule has 0 N–H and O–H groups in total. The van der Waals surface area contributed by atoms with Crippen LogP contribution in [0.3, 0.4) is 0 Å². The SMILES string of the molecule is COc1ccc(C)c2sc(N(CCCN3CCOCC3)C(=O)COc3ccc(C)cc3)nc12.Cl. The van der Waals surface area contributed by atoms with Crippen molar-refractivity contribution in [2.45, 2.75) is 20.3 Å². The van der Waals surface area contributed by atoms with E-state index in [-0.39, 0.29) is 24.9 Å². The van der Waals surface area contributed by atoms with E-state index in [1.54, 1.807) is 12.0 Å². The van der Waals surface area contributed by atoms with Crippen LogP contribution in [0.25, 0.3) is 10.2 Å². The van der Waals surface area contributed by atoms with Crippen LogP contribution >= 0.6 is 23.7 Å². The monoisotopic (exact) mass is 505 g/mol. The molecule has 0 aliphatic carbocycles. The molecule has 2 heterocycles. The van der Waals surface area contributed by atoms with Crippen molar-refractivity contribution >= 4 is 45.0 Å². The number of aryl methyl sites for hydroxylation is 2. The van der Waals surface area contributed by atoms with Gasteiger partial charge >= 0.3 is 0 Å². The van der Waals surface area contributed by atoms with Gasteiger partial charge in [-0.1, -0.05) is 35.1 Å². The van der Waals surface area contributed by atoms with Crippen molar-refractivity contribution in [3.63, 3.8) is 0 Å². The van der Waals surface area contributed by atoms with Crippen molar-refractivity contribution < 1.29 is 19.0 Å². The van der Waals surface area contributed by atoms with Crippen LogP contribution < -0.4 is 14.4 Å². The first-order valence-electron chi connectivity index (χ1n) is 11.3. The van der Waals surface area contributed by atoms with Gasteiger partial charge in [0, 0.05) is 26.2 Å². The zero-order valence-electron chi connectivity index (χ0n) is 19.9. The third-order valence-corrected chi connectivity index (χ3v) is 7.00. The normalized spacial score (nSPS) is 14.0. The molecule has 3 aromatic rings. The minimum atomic E-state index is -0.103. The van der Waals surface area contributed by atoms with Crippen LogP contribution in [-0.4, -0.2) is 68.9 Å². The number of anilines is 1. The highest BCUT2D eigenvalue weighted by molar-refractivity contribution is 7.22. The van der Waals surface area contributed by atoms with Crippen LogP contribution in [-0.2, 0) is 9.53 Å². The van der Waals surface area contributed by atoms with Crippen LogP contribution in [0.2, 0.25) is 0 Å². The summed E-state index contributed by atoms with van der Waals surface area (Å²) in [5, 5.41) is 0.678. The molecule has 1 amide bonds. The number of hydrogen-bond acceptors (Lipinski definition) is 7. The Morgan fingerprint density at radius 1 is 1.15 bits per heavy atom. The summed E-state index contributed by atoms with van der Waals surface area (Å²) in [6.45, 7) is 8.93. The Labute approximate surface area is 211 Å². The Hall–Kier alpha value is -2.39. The Morgan fingerprint density at radius 2 is 1.88 bits per heavy atom. The number of ether oxygens (including phenoxy) is 3. The highest BCUT2D eigenvalue weighted by Crippen LogP contribution is 2.36. The number of carbonyl (C=O) groups is 1. The first-order chi connectivity index (χ1) is 16.0. The zero-order chi connectivity index (χ0) is 23.2. The van der Waals surface area contributed by atoms with Gasteiger partial charge in [-0.2, -0.15) is 0 Å². The van der Waals surface area contributed by atoms with Gasteiger partial charge in [0.15, 0.2) is 11.7 Å². The number of methoxy groups -OCH3 is 1. The maximum absolute atomic E-state index is 13.3. The fourth-order valence-electron chi connectivity index (χ4n) is 3.84. The van der Waals surface area contributed by atoms with Gasteiger partial charge in [-0.05, 0) is 44.0 Å². The van der Waals surface area contributed by atoms with E-state index in [1.807, 2.05) is 43.3 Å². The van der Waals surface area contributed by atoms with Crippen LogP contribution in [0.4, 0.5) is 5.13 Å². The number of morpholine rings is 1. The number of nitrogens with zero attached hydrogens (tertiary/aromatic N) is 3. The van der Waals surface area contributed by atoms with E-state index < -0.39 is 0 Å². The predicted molar refractivity (Wildman–Crippen MR) is 139 cm³/mol. The second kappa shape index (κ2) is 12.4. The van der Waals surface area contributed by atoms with Gasteiger partial charge in [-0.25, -0.2) is 4.98 Å². The Bertz CT molecular complexity index is 1080. The molecule has 0 spiro atoms. The van der Waals surface area contributed by atoms with Crippen LogP contribution in [0, 0.1) is 13.8 Å². The summed E-state index contributed by atoms with van der Waals surface area (Å²) >= 11 is 1.52. The van der Waals surface area contributed by atoms with Crippen molar-refractivity contribution in [2.24, 2.45) is 0 Å². The topological polar surface area (TPSA) is 64.1 Å². The van der Waals surface area contributed by atoms with Gasteiger partial charge in [-0.3, -0.25) is 14.6 Å². The highest BCUT2D eigenvalue weighted by Gasteiger charge is 2.22. The van der Waals surface area contributed by atoms with Crippen molar-refractivity contribution in [2.75, 3.05) is 58.0 Å². The summed E-state index contributed by atoms with van der Waals surface area (Å²) in [5.41, 5.74) is 3.06. The van der Waals surface area contributed by atoms with Gasteiger partial charge in [0.05, 0.1) is 25.0 Å². The van der Waals surface area contributed by atoms with Gasteiger partial charge in [0.2, 0.25) is 0 Å². The van der Waals surface area contributed by atoms with Crippen molar-refractivity contribution in [1.29, 1.82) is 0 Å². The molecule has 9 heteroatoms. The summed E-state index contributed by atoms with van der Waals surface area (Å²) in [4.78, 5) is 22.2. The maximum atomic E-state index is 13.3. The Morgan fingerprint density at radius 3 is 2.59 bits per heavy atom. The van der Waals surface area contributed by atoms with E-state index in [2.05, 4.69) is 11.8 Å². The minimum Gasteiger partial charge on any atom is -0.494 e. The van der Waals surface area contributed by atoms with Crippen molar-refractivity contribution in [1.82, 2.24) is 9.88 Å². The van der Waals surface area contributed by atoms with E-state index in [0.717, 1.165) is 66.4 Å². The molecule has 1 aromatic heterocycles. The van der Waals surface area contributed by atoms with Crippen molar-refractivity contribution in [3.8, 4) is 11.5 Å². The lowest BCUT2D eigenvalue weighted by Crippen LogP contribution is -2.40. The molecule has 0 unspecified atom stereocenters. The van der Waals surface area contributed by atoms with Gasteiger partial charge in [0.25, 0.3) is 5.91 Å². The standard InChI is InChI=1S/C25H31N3O4S.ClH/c1-18-5-8-20(9-6-18)32-17-22(29)28(12-4-11-27-13-15-31-16-14-27)25-26-23-21(30-3)10-7-19(2)24(23)33-25;/h5-10H,4,11-17H2,1-3H3;1H. The van der Waals surface area contributed by atoms with Gasteiger partial charge in [0.1, 0.15) is 17.0 Å². The lowest BCUT2D eigenvalue weighted by molar-refractivity contribution is -0.120. The Kier molecular flexibility index (Phi) is 9.53. The molecule has 2 aromatic carbocycles. The van der Waals surface area contributed by atoms with Crippen molar-refractivity contribution in [3.05, 3.63) is 47.5 Å². The maximum Gasteiger partial charge on any atom is 0.266 e.